The Morgan fingerprint density at radius 2 is 1.88 bits per heavy atom. The van der Waals surface area contributed by atoms with Gasteiger partial charge in [-0.15, -0.1) is 24.3 Å². The Bertz CT molecular complexity index is 746. The quantitative estimate of drug-likeness (QED) is 0.424. The molecule has 0 unspecified atom stereocenters. The van der Waals surface area contributed by atoms with E-state index in [-0.39, 0.29) is 20.1 Å². The summed E-state index contributed by atoms with van der Waals surface area (Å²) in [6.45, 7) is 0. The van der Waals surface area contributed by atoms with Gasteiger partial charge in [-0.2, -0.15) is 0 Å². The van der Waals surface area contributed by atoms with Gasteiger partial charge in [0.2, 0.25) is 5.78 Å². The van der Waals surface area contributed by atoms with E-state index < -0.39 is 0 Å². The third-order valence-corrected chi connectivity index (χ3v) is 2.79. The summed E-state index contributed by atoms with van der Waals surface area (Å²) in [6.07, 6.45) is 7.44. The molecule has 3 aromatic heterocycles. The third-order valence-electron chi connectivity index (χ3n) is 2.79. The largest absolute Gasteiger partial charge is 0.327 e. The number of rotatable bonds is 0. The predicted molar refractivity (Wildman–Crippen MR) is 60.3 cm³/mol. The fraction of sp³-hybridized carbons (Fsp3) is 0. The van der Waals surface area contributed by atoms with Crippen LogP contribution in [0.25, 0.3) is 22.3 Å². The van der Waals surface area contributed by atoms with E-state index in [1.54, 1.807) is 12.4 Å². The zero-order chi connectivity index (χ0) is 10.5. The van der Waals surface area contributed by atoms with E-state index in [1.165, 1.54) is 0 Å². The molecule has 3 heterocycles. The van der Waals surface area contributed by atoms with E-state index in [4.69, 9.17) is 0 Å². The fourth-order valence-electron chi connectivity index (χ4n) is 2.12. The van der Waals surface area contributed by atoms with Crippen molar-refractivity contribution in [3.63, 3.8) is 0 Å². The minimum absolute atomic E-state index is 0. The monoisotopic (exact) mass is 400 g/mol. The Hall–Kier alpha value is -1.71. The SMILES string of the molecule is [Ir].[c-]1cccc2c1c1nccn1c1nccn21. The number of aromatic nitrogens is 4. The van der Waals surface area contributed by atoms with Crippen LogP contribution in [0.5, 0.6) is 0 Å². The van der Waals surface area contributed by atoms with Crippen molar-refractivity contribution in [1.82, 2.24) is 18.8 Å². The van der Waals surface area contributed by atoms with Crippen LogP contribution >= 0.6 is 0 Å². The molecule has 0 aliphatic heterocycles. The molecule has 1 aromatic carbocycles. The van der Waals surface area contributed by atoms with Crippen LogP contribution in [0.4, 0.5) is 0 Å². The third kappa shape index (κ3) is 1.27. The van der Waals surface area contributed by atoms with E-state index in [0.717, 1.165) is 22.3 Å². The average Bonchev–Trinajstić information content (AvgIpc) is 2.98. The molecule has 4 rings (SSSR count). The number of fused-ring (bicyclic) bond motifs is 6. The molecule has 0 fully saturated rings. The van der Waals surface area contributed by atoms with E-state index in [2.05, 4.69) is 22.1 Å². The zero-order valence-electron chi connectivity index (χ0n) is 8.66. The van der Waals surface area contributed by atoms with Crippen molar-refractivity contribution < 1.29 is 20.1 Å². The fourth-order valence-corrected chi connectivity index (χ4v) is 2.12. The van der Waals surface area contributed by atoms with Crippen molar-refractivity contribution in [2.75, 3.05) is 0 Å². The molecule has 4 aromatic rings. The normalized spacial score (nSPS) is 11.1. The summed E-state index contributed by atoms with van der Waals surface area (Å²) < 4.78 is 4.01. The molecular formula is C12H7IrN4-. The molecular weight excluding hydrogens is 392 g/mol. The van der Waals surface area contributed by atoms with Gasteiger partial charge in [0.25, 0.3) is 0 Å². The van der Waals surface area contributed by atoms with Crippen LogP contribution in [-0.4, -0.2) is 18.8 Å². The summed E-state index contributed by atoms with van der Waals surface area (Å²) in [7, 11) is 0. The molecule has 0 amide bonds. The topological polar surface area (TPSA) is 34.6 Å². The van der Waals surface area contributed by atoms with Gasteiger partial charge < -0.3 is 8.80 Å². The Morgan fingerprint density at radius 1 is 1.06 bits per heavy atom. The molecule has 0 N–H and O–H groups in total. The second-order valence-electron chi connectivity index (χ2n) is 3.65. The summed E-state index contributed by atoms with van der Waals surface area (Å²) in [5.74, 6) is 0.875. The Morgan fingerprint density at radius 3 is 2.82 bits per heavy atom. The van der Waals surface area contributed by atoms with Crippen molar-refractivity contribution in [3.8, 4) is 0 Å². The zero-order valence-corrected chi connectivity index (χ0v) is 11.1. The molecule has 0 spiro atoms. The average molecular weight is 399 g/mol. The standard InChI is InChI=1S/C12H7N4.Ir/c1-2-4-10-9(3-1)11-13-5-8-16(11)12-14-6-7-15(10)12;/h1-2,4-8H;/q-1;. The summed E-state index contributed by atoms with van der Waals surface area (Å²) in [4.78, 5) is 8.70. The van der Waals surface area contributed by atoms with Gasteiger partial charge in [0.1, 0.15) is 0 Å². The molecule has 0 saturated carbocycles. The van der Waals surface area contributed by atoms with Crippen molar-refractivity contribution >= 4 is 22.3 Å². The van der Waals surface area contributed by atoms with Crippen molar-refractivity contribution in [1.29, 1.82) is 0 Å². The summed E-state index contributed by atoms with van der Waals surface area (Å²) >= 11 is 0. The molecule has 0 saturated heterocycles. The molecule has 0 bridgehead atoms. The van der Waals surface area contributed by atoms with Gasteiger partial charge in [-0.05, 0) is 5.52 Å². The first kappa shape index (κ1) is 10.4. The maximum atomic E-state index is 4.35. The molecule has 0 atom stereocenters. The van der Waals surface area contributed by atoms with Crippen LogP contribution in [0.1, 0.15) is 0 Å². The Balaban J connectivity index is 0.000000902. The predicted octanol–water partition coefficient (Wildman–Crippen LogP) is 1.93. The molecule has 17 heavy (non-hydrogen) atoms. The van der Waals surface area contributed by atoms with Gasteiger partial charge in [-0.3, -0.25) is 4.98 Å². The smallest absolute Gasteiger partial charge is 0.202 e. The number of imidazole rings is 2. The molecule has 4 nitrogen and oxygen atoms in total. The Kier molecular flexibility index (Phi) is 2.24. The van der Waals surface area contributed by atoms with Crippen LogP contribution in [0.15, 0.2) is 43.0 Å². The number of hydrogen-bond donors (Lipinski definition) is 0. The van der Waals surface area contributed by atoms with E-state index in [9.17, 15) is 0 Å². The van der Waals surface area contributed by atoms with Gasteiger partial charge in [0, 0.05) is 44.9 Å². The second-order valence-corrected chi connectivity index (χ2v) is 3.65. The van der Waals surface area contributed by atoms with Gasteiger partial charge in [0.05, 0.1) is 5.65 Å². The van der Waals surface area contributed by atoms with Crippen LogP contribution in [-0.2, 0) is 20.1 Å². The minimum atomic E-state index is 0. The Labute approximate surface area is 110 Å². The van der Waals surface area contributed by atoms with Gasteiger partial charge in [-0.1, -0.05) is 5.39 Å². The first-order chi connectivity index (χ1) is 7.95. The van der Waals surface area contributed by atoms with Gasteiger partial charge in [-0.25, -0.2) is 4.98 Å². The van der Waals surface area contributed by atoms with E-state index in [0.29, 0.717) is 0 Å². The van der Waals surface area contributed by atoms with E-state index in [1.807, 2.05) is 33.3 Å². The van der Waals surface area contributed by atoms with Crippen LogP contribution < -0.4 is 0 Å². The molecule has 85 valence electrons. The first-order valence-corrected chi connectivity index (χ1v) is 5.04. The number of nitrogens with zero attached hydrogens (tertiary/aromatic N) is 4. The van der Waals surface area contributed by atoms with Crippen molar-refractivity contribution in [2.24, 2.45) is 0 Å². The number of hydrogen-bond acceptors (Lipinski definition) is 2. The summed E-state index contributed by atoms with van der Waals surface area (Å²) in [5, 5.41) is 1.01. The van der Waals surface area contributed by atoms with Crippen molar-refractivity contribution in [3.05, 3.63) is 49.1 Å². The molecule has 5 heteroatoms. The van der Waals surface area contributed by atoms with E-state index >= 15 is 0 Å². The molecule has 0 aliphatic rings. The van der Waals surface area contributed by atoms with Crippen molar-refractivity contribution in [2.45, 2.75) is 0 Å². The summed E-state index contributed by atoms with van der Waals surface area (Å²) in [6, 6.07) is 9.16. The minimum Gasteiger partial charge on any atom is -0.327 e. The van der Waals surface area contributed by atoms with Gasteiger partial charge in [0.15, 0.2) is 0 Å². The number of benzene rings is 1. The van der Waals surface area contributed by atoms with Gasteiger partial charge >= 0.3 is 0 Å². The van der Waals surface area contributed by atoms with Crippen LogP contribution in [0, 0.1) is 6.07 Å². The van der Waals surface area contributed by atoms with Crippen LogP contribution in [0.2, 0.25) is 0 Å². The maximum Gasteiger partial charge on any atom is 0.202 e. The molecule has 0 aliphatic carbocycles. The first-order valence-electron chi connectivity index (χ1n) is 5.04. The van der Waals surface area contributed by atoms with Crippen LogP contribution in [0.3, 0.4) is 0 Å². The maximum absolute atomic E-state index is 4.35. The second kappa shape index (κ2) is 3.65. The molecule has 1 radical (unpaired) electrons. The summed E-state index contributed by atoms with van der Waals surface area (Å²) in [5.41, 5.74) is 1.98.